The number of ether oxygens (including phenoxy) is 2. The molecule has 2 saturated carbocycles. The third kappa shape index (κ3) is 4.11. The summed E-state index contributed by atoms with van der Waals surface area (Å²) in [7, 11) is -1.84. The predicted octanol–water partition coefficient (Wildman–Crippen LogP) is 7.47. The van der Waals surface area contributed by atoms with Gasteiger partial charge in [0.2, 0.25) is 0 Å². The zero-order valence-electron chi connectivity index (χ0n) is 21.3. The van der Waals surface area contributed by atoms with E-state index >= 15 is 0 Å². The number of rotatable bonds is 5. The Hall–Kier alpha value is -0.163. The molecule has 174 valence electrons. The Bertz CT molecular complexity index is 639. The van der Waals surface area contributed by atoms with E-state index in [4.69, 9.17) is 13.9 Å². The molecule has 3 aliphatic rings. The number of hydrogen-bond acceptors (Lipinski definition) is 3. The zero-order chi connectivity index (χ0) is 22.4. The second-order valence-electron chi connectivity index (χ2n) is 12.5. The molecular formula is C26H48O3Si. The highest BCUT2D eigenvalue weighted by Gasteiger charge is 2.66. The Morgan fingerprint density at radius 2 is 1.70 bits per heavy atom. The monoisotopic (exact) mass is 436 g/mol. The number of allylic oxidation sites excluding steroid dienone is 2. The van der Waals surface area contributed by atoms with Crippen molar-refractivity contribution in [3.63, 3.8) is 0 Å². The molecule has 1 aliphatic heterocycles. The standard InChI is InChI=1S/C26H48O3Si/c1-20(2)12-10-15-24(6)21-13-11-16-26(27-18-19-28-26)25(21,7)17-14-22(24)29-30(8,9)23(3,4)5/h12,21-22H,10-11,13-19H2,1-9H3/t21-,22-,24-,25-/m0/s1. The topological polar surface area (TPSA) is 27.7 Å². The lowest BCUT2D eigenvalue weighted by atomic mass is 9.47. The molecule has 2 aliphatic carbocycles. The van der Waals surface area contributed by atoms with Crippen molar-refractivity contribution in [1.82, 2.24) is 0 Å². The maximum Gasteiger partial charge on any atom is 0.192 e. The van der Waals surface area contributed by atoms with Gasteiger partial charge in [-0.25, -0.2) is 0 Å². The first-order valence-corrected chi connectivity index (χ1v) is 15.3. The number of hydrogen-bond donors (Lipinski definition) is 0. The van der Waals surface area contributed by atoms with Crippen LogP contribution in [-0.2, 0) is 13.9 Å². The minimum atomic E-state index is -1.84. The molecule has 3 fully saturated rings. The first-order chi connectivity index (χ1) is 13.8. The molecule has 0 bridgehead atoms. The lowest BCUT2D eigenvalue weighted by molar-refractivity contribution is -0.301. The Kier molecular flexibility index (Phi) is 6.79. The van der Waals surface area contributed by atoms with Gasteiger partial charge in [-0.1, -0.05) is 46.3 Å². The van der Waals surface area contributed by atoms with Crippen LogP contribution >= 0.6 is 0 Å². The molecule has 0 aromatic rings. The second-order valence-corrected chi connectivity index (χ2v) is 17.3. The third-order valence-corrected chi connectivity index (χ3v) is 13.8. The summed E-state index contributed by atoms with van der Waals surface area (Å²) in [5, 5.41) is 0.236. The van der Waals surface area contributed by atoms with Crippen LogP contribution in [-0.4, -0.2) is 33.4 Å². The lowest BCUT2D eigenvalue weighted by Gasteiger charge is -2.63. The third-order valence-electron chi connectivity index (χ3n) is 9.33. The van der Waals surface area contributed by atoms with Crippen LogP contribution in [0.1, 0.15) is 93.4 Å². The van der Waals surface area contributed by atoms with Gasteiger partial charge in [-0.15, -0.1) is 0 Å². The van der Waals surface area contributed by atoms with Gasteiger partial charge in [0, 0.05) is 11.8 Å². The Labute approximate surface area is 187 Å². The molecule has 3 rings (SSSR count). The van der Waals surface area contributed by atoms with Crippen LogP contribution in [0.2, 0.25) is 18.1 Å². The minimum Gasteiger partial charge on any atom is -0.413 e. The average molecular weight is 437 g/mol. The van der Waals surface area contributed by atoms with Gasteiger partial charge in [0.15, 0.2) is 14.1 Å². The maximum absolute atomic E-state index is 7.20. The second kappa shape index (κ2) is 8.32. The van der Waals surface area contributed by atoms with Gasteiger partial charge in [-0.05, 0) is 81.8 Å². The van der Waals surface area contributed by atoms with Crippen LogP contribution in [0.5, 0.6) is 0 Å². The van der Waals surface area contributed by atoms with Crippen molar-refractivity contribution in [2.75, 3.05) is 13.2 Å². The van der Waals surface area contributed by atoms with Crippen molar-refractivity contribution in [2.24, 2.45) is 16.7 Å². The van der Waals surface area contributed by atoms with Crippen LogP contribution in [0.15, 0.2) is 11.6 Å². The van der Waals surface area contributed by atoms with Crippen LogP contribution in [0.25, 0.3) is 0 Å². The fourth-order valence-electron chi connectivity index (χ4n) is 6.48. The molecule has 1 spiro atoms. The van der Waals surface area contributed by atoms with Gasteiger partial charge >= 0.3 is 0 Å². The summed E-state index contributed by atoms with van der Waals surface area (Å²) in [6.45, 7) is 22.9. The van der Waals surface area contributed by atoms with Gasteiger partial charge in [-0.2, -0.15) is 0 Å². The summed E-state index contributed by atoms with van der Waals surface area (Å²) < 4.78 is 20.0. The first kappa shape index (κ1) is 24.5. The highest BCUT2D eigenvalue weighted by Crippen LogP contribution is 2.65. The smallest absolute Gasteiger partial charge is 0.192 e. The zero-order valence-corrected chi connectivity index (χ0v) is 22.3. The van der Waals surface area contributed by atoms with Gasteiger partial charge < -0.3 is 13.9 Å². The molecule has 4 atom stereocenters. The highest BCUT2D eigenvalue weighted by atomic mass is 28.4. The van der Waals surface area contributed by atoms with E-state index in [1.807, 2.05) is 0 Å². The molecule has 0 unspecified atom stereocenters. The summed E-state index contributed by atoms with van der Waals surface area (Å²) >= 11 is 0. The molecule has 0 N–H and O–H groups in total. The van der Waals surface area contributed by atoms with Crippen molar-refractivity contribution < 1.29 is 13.9 Å². The maximum atomic E-state index is 7.20. The normalized spacial score (nSPS) is 36.6. The Balaban J connectivity index is 1.96. The van der Waals surface area contributed by atoms with Crippen LogP contribution in [0, 0.1) is 16.7 Å². The van der Waals surface area contributed by atoms with Crippen LogP contribution in [0.3, 0.4) is 0 Å². The number of fused-ring (bicyclic) bond motifs is 2. The van der Waals surface area contributed by atoms with E-state index in [1.54, 1.807) is 0 Å². The van der Waals surface area contributed by atoms with Crippen molar-refractivity contribution in [2.45, 2.75) is 123 Å². The van der Waals surface area contributed by atoms with Gasteiger partial charge in [0.05, 0.1) is 19.3 Å². The Morgan fingerprint density at radius 3 is 2.27 bits per heavy atom. The van der Waals surface area contributed by atoms with Crippen molar-refractivity contribution in [1.29, 1.82) is 0 Å². The van der Waals surface area contributed by atoms with E-state index in [0.717, 1.165) is 38.9 Å². The molecule has 1 heterocycles. The molecular weight excluding hydrogens is 388 g/mol. The van der Waals surface area contributed by atoms with E-state index < -0.39 is 8.32 Å². The highest BCUT2D eigenvalue weighted by molar-refractivity contribution is 6.74. The predicted molar refractivity (Wildman–Crippen MR) is 128 cm³/mol. The molecule has 4 heteroatoms. The van der Waals surface area contributed by atoms with Crippen molar-refractivity contribution >= 4 is 8.32 Å². The molecule has 30 heavy (non-hydrogen) atoms. The fraction of sp³-hybridized carbons (Fsp3) is 0.923. The Morgan fingerprint density at radius 1 is 1.07 bits per heavy atom. The quantitative estimate of drug-likeness (QED) is 0.330. The van der Waals surface area contributed by atoms with Crippen LogP contribution < -0.4 is 0 Å². The first-order valence-electron chi connectivity index (χ1n) is 12.4. The van der Waals surface area contributed by atoms with E-state index in [9.17, 15) is 0 Å². The van der Waals surface area contributed by atoms with Gasteiger partial charge in [0.1, 0.15) is 0 Å². The van der Waals surface area contributed by atoms with Crippen molar-refractivity contribution in [3.8, 4) is 0 Å². The SMILES string of the molecule is CC(C)=CCC[C@]1(C)[C@@H](O[Si](C)(C)C(C)(C)C)CC[C@@]2(C)[C@H]1CCCC21OCCO1. The van der Waals surface area contributed by atoms with E-state index in [0.29, 0.717) is 12.0 Å². The van der Waals surface area contributed by atoms with E-state index in [-0.39, 0.29) is 21.7 Å². The largest absolute Gasteiger partial charge is 0.413 e. The fourth-order valence-corrected chi connectivity index (χ4v) is 7.93. The van der Waals surface area contributed by atoms with E-state index in [2.05, 4.69) is 67.6 Å². The summed E-state index contributed by atoms with van der Waals surface area (Å²) in [6.07, 6.45) is 10.9. The van der Waals surface area contributed by atoms with Gasteiger partial charge in [-0.3, -0.25) is 0 Å². The molecule has 3 nitrogen and oxygen atoms in total. The van der Waals surface area contributed by atoms with Crippen LogP contribution in [0.4, 0.5) is 0 Å². The molecule has 1 saturated heterocycles. The summed E-state index contributed by atoms with van der Waals surface area (Å²) in [5.74, 6) is 0.209. The van der Waals surface area contributed by atoms with E-state index in [1.165, 1.54) is 24.8 Å². The molecule has 0 amide bonds. The molecule has 0 aromatic carbocycles. The molecule has 0 radical (unpaired) electrons. The molecule has 0 aromatic heterocycles. The summed E-state index contributed by atoms with van der Waals surface area (Å²) in [6, 6.07) is 0. The summed E-state index contributed by atoms with van der Waals surface area (Å²) in [5.41, 5.74) is 1.65. The lowest BCUT2D eigenvalue weighted by Crippen LogP contribution is -2.64. The van der Waals surface area contributed by atoms with Gasteiger partial charge in [0.25, 0.3) is 0 Å². The average Bonchev–Trinajstić information content (AvgIpc) is 3.09. The van der Waals surface area contributed by atoms with Crippen molar-refractivity contribution in [3.05, 3.63) is 11.6 Å². The minimum absolute atomic E-state index is 0.0781. The summed E-state index contributed by atoms with van der Waals surface area (Å²) in [4.78, 5) is 0.